The first-order chi connectivity index (χ1) is 15.8. The van der Waals surface area contributed by atoms with Gasteiger partial charge < -0.3 is 0 Å². The van der Waals surface area contributed by atoms with Crippen molar-refractivity contribution in [3.63, 3.8) is 0 Å². The quantitative estimate of drug-likeness (QED) is 0.541. The van der Waals surface area contributed by atoms with Gasteiger partial charge in [-0.2, -0.15) is 4.31 Å². The van der Waals surface area contributed by atoms with Crippen molar-refractivity contribution in [3.05, 3.63) is 102 Å². The number of hydrogen-bond donors (Lipinski definition) is 0. The molecule has 0 radical (unpaired) electrons. The maximum atomic E-state index is 14.0. The maximum Gasteiger partial charge on any atom is 0.243 e. The van der Waals surface area contributed by atoms with Gasteiger partial charge in [0.2, 0.25) is 10.0 Å². The van der Waals surface area contributed by atoms with E-state index in [4.69, 9.17) is 1.37 Å². The van der Waals surface area contributed by atoms with Crippen LogP contribution in [0.2, 0.25) is 0 Å². The molecule has 5 rings (SSSR count). The van der Waals surface area contributed by atoms with Crippen LogP contribution in [0.4, 0.5) is 0 Å². The zero-order valence-electron chi connectivity index (χ0n) is 19.7. The van der Waals surface area contributed by atoms with Crippen LogP contribution < -0.4 is 0 Å². The minimum absolute atomic E-state index is 0.154. The van der Waals surface area contributed by atoms with Crippen LogP contribution in [0.3, 0.4) is 0 Å². The molecule has 31 heavy (non-hydrogen) atoms. The molecule has 0 aromatic heterocycles. The number of hydrogen-bond acceptors (Lipinski definition) is 2. The van der Waals surface area contributed by atoms with E-state index in [1.807, 2.05) is 67.6 Å². The molecule has 2 fully saturated rings. The van der Waals surface area contributed by atoms with Gasteiger partial charge in [-0.25, -0.2) is 8.42 Å². The first kappa shape index (κ1) is 18.2. The Bertz CT molecular complexity index is 1190. The Morgan fingerprint density at radius 2 is 1.48 bits per heavy atom. The average molecular weight is 434 g/mol. The van der Waals surface area contributed by atoms with E-state index < -0.39 is 33.8 Å². The van der Waals surface area contributed by atoms with Crippen LogP contribution in [0, 0.1) is 12.8 Å². The molecule has 0 bridgehead atoms. The van der Waals surface area contributed by atoms with E-state index in [1.54, 1.807) is 24.3 Å². The molecule has 3 aromatic rings. The molecule has 1 aliphatic heterocycles. The van der Waals surface area contributed by atoms with Crippen molar-refractivity contribution >= 4 is 10.0 Å². The van der Waals surface area contributed by atoms with Gasteiger partial charge in [0.25, 0.3) is 0 Å². The second-order valence-corrected chi connectivity index (χ2v) is 10.5. The SMILES string of the molecule is [2H][C@H]1CCC[C@]2([2H])C1N(S(=O)(=O)c1ccc(C)cc1)CC2(c1ccccc1)c1ccccc1. The lowest BCUT2D eigenvalue weighted by atomic mass is 9.63. The van der Waals surface area contributed by atoms with Crippen LogP contribution in [0.1, 0.15) is 45.1 Å². The minimum Gasteiger partial charge on any atom is -0.207 e. The van der Waals surface area contributed by atoms with Crippen molar-refractivity contribution in [3.8, 4) is 0 Å². The van der Waals surface area contributed by atoms with Gasteiger partial charge in [-0.1, -0.05) is 91.2 Å². The predicted octanol–water partition coefficient (Wildman–Crippen LogP) is 5.54. The Labute approximate surface area is 188 Å². The molecule has 3 nitrogen and oxygen atoms in total. The number of fused-ring (bicyclic) bond motifs is 1. The van der Waals surface area contributed by atoms with Crippen LogP contribution in [0.15, 0.2) is 89.8 Å². The first-order valence-electron chi connectivity index (χ1n) is 12.0. The highest BCUT2D eigenvalue weighted by atomic mass is 32.2. The Balaban J connectivity index is 1.77. The molecule has 2 aliphatic rings. The first-order valence-corrected chi connectivity index (χ1v) is 12.4. The summed E-state index contributed by atoms with van der Waals surface area (Å²) in [7, 11) is -3.89. The Kier molecular flexibility index (Phi) is 4.64. The third-order valence-electron chi connectivity index (χ3n) is 6.81. The fourth-order valence-electron chi connectivity index (χ4n) is 5.29. The number of aryl methyl sites for hydroxylation is 1. The van der Waals surface area contributed by atoms with Crippen LogP contribution >= 0.6 is 0 Å². The molecule has 0 amide bonds. The summed E-state index contributed by atoms with van der Waals surface area (Å²) in [5.74, 6) is -1.15. The molecule has 3 atom stereocenters. The molecule has 1 saturated heterocycles. The zero-order valence-corrected chi connectivity index (χ0v) is 18.6. The van der Waals surface area contributed by atoms with Crippen LogP contribution in [-0.2, 0) is 15.4 Å². The van der Waals surface area contributed by atoms with E-state index >= 15 is 0 Å². The number of nitrogens with zero attached hydrogens (tertiary/aromatic N) is 1. The van der Waals surface area contributed by atoms with Gasteiger partial charge in [-0.3, -0.25) is 0 Å². The second kappa shape index (κ2) is 7.92. The largest absolute Gasteiger partial charge is 0.243 e. The smallest absolute Gasteiger partial charge is 0.207 e. The van der Waals surface area contributed by atoms with Gasteiger partial charge in [0, 0.05) is 20.7 Å². The van der Waals surface area contributed by atoms with Crippen molar-refractivity contribution < 1.29 is 11.2 Å². The van der Waals surface area contributed by atoms with Crippen LogP contribution in [0.5, 0.6) is 0 Å². The average Bonchev–Trinajstić information content (AvgIpc) is 3.12. The van der Waals surface area contributed by atoms with E-state index in [0.717, 1.165) is 23.1 Å². The highest BCUT2D eigenvalue weighted by molar-refractivity contribution is 7.89. The summed E-state index contributed by atoms with van der Waals surface area (Å²) in [5.41, 5.74) is 2.00. The summed E-state index contributed by atoms with van der Waals surface area (Å²) in [6.45, 7) is 2.08. The van der Waals surface area contributed by atoms with Gasteiger partial charge in [-0.05, 0) is 48.9 Å². The summed E-state index contributed by atoms with van der Waals surface area (Å²) < 4.78 is 48.3. The monoisotopic (exact) mass is 433 g/mol. The van der Waals surface area contributed by atoms with Gasteiger partial charge in [0.1, 0.15) is 0 Å². The van der Waals surface area contributed by atoms with E-state index in [2.05, 4.69) is 0 Å². The summed E-state index contributed by atoms with van der Waals surface area (Å²) >= 11 is 0. The minimum atomic E-state index is -3.89. The number of rotatable bonds is 4. The molecule has 3 aromatic carbocycles. The summed E-state index contributed by atoms with van der Waals surface area (Å²) in [5, 5.41) is 0. The standard InChI is InChI=1S/C27H29NO2S/c1-21-16-18-24(19-17-21)31(29,30)28-20-27(22-10-4-2-5-11-22,23-12-6-3-7-13-23)25-14-8-9-15-26(25)28/h2-7,10-13,16-19,25-26H,8-9,14-15,20H2,1H3/t25-,26?/m1/s1/i15D,25D/t15-,25+,26?/m0. The summed E-state index contributed by atoms with van der Waals surface area (Å²) in [6, 6.07) is 25.9. The Morgan fingerprint density at radius 3 is 2.06 bits per heavy atom. The van der Waals surface area contributed by atoms with E-state index in [0.29, 0.717) is 12.8 Å². The third-order valence-corrected chi connectivity index (χ3v) is 8.65. The zero-order chi connectivity index (χ0) is 23.3. The molecule has 0 N–H and O–H groups in total. The molecule has 1 unspecified atom stereocenters. The van der Waals surface area contributed by atoms with E-state index in [1.165, 1.54) is 4.31 Å². The predicted molar refractivity (Wildman–Crippen MR) is 124 cm³/mol. The lowest BCUT2D eigenvalue weighted by molar-refractivity contribution is 0.236. The van der Waals surface area contributed by atoms with Crippen molar-refractivity contribution in [2.45, 2.75) is 48.9 Å². The van der Waals surface area contributed by atoms with Gasteiger partial charge in [0.15, 0.2) is 0 Å². The molecular weight excluding hydrogens is 402 g/mol. The Hall–Kier alpha value is -2.43. The number of sulfonamides is 1. The molecular formula is C27H29NO2S. The van der Waals surface area contributed by atoms with Crippen LogP contribution in [-0.4, -0.2) is 25.3 Å². The molecule has 4 heteroatoms. The molecule has 1 saturated carbocycles. The fraction of sp³-hybridized carbons (Fsp3) is 0.333. The highest BCUT2D eigenvalue weighted by Gasteiger charge is 2.57. The van der Waals surface area contributed by atoms with E-state index in [9.17, 15) is 9.79 Å². The van der Waals surface area contributed by atoms with E-state index in [-0.39, 0.29) is 11.4 Å². The van der Waals surface area contributed by atoms with Crippen molar-refractivity contribution in [2.24, 2.45) is 5.89 Å². The van der Waals surface area contributed by atoms with Gasteiger partial charge in [0.05, 0.1) is 4.90 Å². The normalized spacial score (nSPS) is 29.1. The maximum absolute atomic E-state index is 14.0. The number of benzene rings is 3. The molecule has 0 spiro atoms. The topological polar surface area (TPSA) is 37.4 Å². The molecule has 160 valence electrons. The van der Waals surface area contributed by atoms with Crippen molar-refractivity contribution in [1.29, 1.82) is 0 Å². The molecule has 1 aliphatic carbocycles. The second-order valence-electron chi connectivity index (χ2n) is 8.60. The highest BCUT2D eigenvalue weighted by Crippen LogP contribution is 2.54. The lowest BCUT2D eigenvalue weighted by Gasteiger charge is -2.39. The van der Waals surface area contributed by atoms with Crippen molar-refractivity contribution in [1.82, 2.24) is 4.31 Å². The Morgan fingerprint density at radius 1 is 0.903 bits per heavy atom. The van der Waals surface area contributed by atoms with Gasteiger partial charge in [-0.15, -0.1) is 0 Å². The van der Waals surface area contributed by atoms with Crippen molar-refractivity contribution in [2.75, 3.05) is 6.54 Å². The lowest BCUT2D eigenvalue weighted by Crippen LogP contribution is -2.39. The van der Waals surface area contributed by atoms with Gasteiger partial charge >= 0.3 is 0 Å². The summed E-state index contributed by atoms with van der Waals surface area (Å²) in [4.78, 5) is 0.227. The molecule has 1 heterocycles. The summed E-state index contributed by atoms with van der Waals surface area (Å²) in [6.07, 6.45) is 1.25. The fourth-order valence-corrected chi connectivity index (χ4v) is 6.92. The van der Waals surface area contributed by atoms with Crippen LogP contribution in [0.25, 0.3) is 0 Å². The third kappa shape index (κ3) is 3.33.